The third kappa shape index (κ3) is 5.76. The third-order valence-electron chi connectivity index (χ3n) is 11.0. The van der Waals surface area contributed by atoms with E-state index in [0.29, 0.717) is 37.3 Å². The number of nitrogen functional groups attached to an aromatic ring is 1. The number of anilines is 2. The zero-order chi connectivity index (χ0) is 37.3. The quantitative estimate of drug-likeness (QED) is 0.185. The molecule has 4 aromatic rings. The fourth-order valence-electron chi connectivity index (χ4n) is 8.55. The highest BCUT2D eigenvalue weighted by Gasteiger charge is 2.49. The monoisotopic (exact) mass is 745 g/mol. The predicted octanol–water partition coefficient (Wildman–Crippen LogP) is 7.44. The Kier molecular flexibility index (Phi) is 9.17. The first-order chi connectivity index (χ1) is 24.7. The van der Waals surface area contributed by atoms with Crippen molar-refractivity contribution < 1.29 is 35.9 Å². The smallest absolute Gasteiger partial charge is 0.417 e. The number of rotatable bonds is 8. The lowest BCUT2D eigenvalue weighted by molar-refractivity contribution is -0.137. The van der Waals surface area contributed by atoms with E-state index in [1.54, 1.807) is 23.6 Å². The number of alkyl halides is 4. The number of amides is 1. The van der Waals surface area contributed by atoms with E-state index in [0.717, 1.165) is 24.6 Å². The summed E-state index contributed by atoms with van der Waals surface area (Å²) in [6, 6.07) is 3.48. The number of carbonyl (C=O) groups excluding carboxylic acids is 1. The van der Waals surface area contributed by atoms with Crippen LogP contribution in [0.1, 0.15) is 64.0 Å². The van der Waals surface area contributed by atoms with E-state index in [9.17, 15) is 18.8 Å². The van der Waals surface area contributed by atoms with E-state index in [1.165, 1.54) is 0 Å². The van der Waals surface area contributed by atoms with E-state index in [-0.39, 0.29) is 87.9 Å². The van der Waals surface area contributed by atoms with Crippen LogP contribution in [0.15, 0.2) is 18.2 Å². The molecular formula is C36H37F6N7O2S. The van der Waals surface area contributed by atoms with Crippen LogP contribution in [-0.2, 0) is 11.0 Å². The fourth-order valence-corrected chi connectivity index (χ4v) is 9.50. The Morgan fingerprint density at radius 1 is 1.23 bits per heavy atom. The van der Waals surface area contributed by atoms with Crippen LogP contribution in [0.25, 0.3) is 32.1 Å². The van der Waals surface area contributed by atoms with Gasteiger partial charge in [0, 0.05) is 54.9 Å². The number of thiophene rings is 1. The average molecular weight is 746 g/mol. The van der Waals surface area contributed by atoms with E-state index in [4.69, 9.17) is 10.5 Å². The van der Waals surface area contributed by atoms with Gasteiger partial charge in [0.25, 0.3) is 0 Å². The minimum absolute atomic E-state index is 0.0154. The average Bonchev–Trinajstić information content (AvgIpc) is 3.85. The second kappa shape index (κ2) is 13.2. The number of hydrogen-bond donors (Lipinski definition) is 1. The van der Waals surface area contributed by atoms with Gasteiger partial charge in [-0.15, -0.1) is 11.3 Å². The van der Waals surface area contributed by atoms with Gasteiger partial charge in [-0.05, 0) is 57.4 Å². The lowest BCUT2D eigenvalue weighted by Gasteiger charge is -2.35. The minimum Gasteiger partial charge on any atom is -0.461 e. The molecule has 4 atom stereocenters. The number of benzene rings is 2. The number of likely N-dealkylation sites (N-methyl/N-ethyl adjacent to an activating group) is 1. The second-order valence-electron chi connectivity index (χ2n) is 13.8. The predicted molar refractivity (Wildman–Crippen MR) is 186 cm³/mol. The number of fused-ring (bicyclic) bond motifs is 3. The molecule has 1 amide bonds. The number of hydrogen-bond acceptors (Lipinski definition) is 9. The van der Waals surface area contributed by atoms with Crippen molar-refractivity contribution in [1.29, 1.82) is 5.26 Å². The molecule has 5 heterocycles. The number of nitrogens with two attached hydrogens (primary N) is 1. The molecule has 0 aliphatic carbocycles. The van der Waals surface area contributed by atoms with Crippen molar-refractivity contribution in [3.63, 3.8) is 0 Å². The van der Waals surface area contributed by atoms with Crippen molar-refractivity contribution in [3.8, 4) is 23.2 Å². The lowest BCUT2D eigenvalue weighted by Crippen LogP contribution is -2.46. The lowest BCUT2D eigenvalue weighted by atomic mass is 9.92. The van der Waals surface area contributed by atoms with Gasteiger partial charge in [0.2, 0.25) is 5.91 Å². The van der Waals surface area contributed by atoms with Gasteiger partial charge in [0.1, 0.15) is 41.0 Å². The van der Waals surface area contributed by atoms with E-state index < -0.39 is 52.2 Å². The van der Waals surface area contributed by atoms with E-state index >= 15 is 17.6 Å². The fraction of sp³-hybridized carbons (Fsp3) is 0.500. The van der Waals surface area contributed by atoms with Gasteiger partial charge in [-0.1, -0.05) is 13.0 Å². The third-order valence-corrected chi connectivity index (χ3v) is 12.0. The van der Waals surface area contributed by atoms with Gasteiger partial charge in [-0.3, -0.25) is 9.69 Å². The zero-order valence-corrected chi connectivity index (χ0v) is 29.6. The topological polar surface area (TPSA) is 112 Å². The van der Waals surface area contributed by atoms with Crippen LogP contribution in [0.5, 0.6) is 6.01 Å². The van der Waals surface area contributed by atoms with Crippen LogP contribution >= 0.6 is 11.3 Å². The van der Waals surface area contributed by atoms with Crippen LogP contribution in [-0.4, -0.2) is 82.3 Å². The first-order valence-electron chi connectivity index (χ1n) is 17.3. The van der Waals surface area contributed by atoms with Crippen molar-refractivity contribution in [3.05, 3.63) is 41.0 Å². The first-order valence-corrected chi connectivity index (χ1v) is 18.1. The van der Waals surface area contributed by atoms with Crippen LogP contribution < -0.4 is 15.4 Å². The van der Waals surface area contributed by atoms with Gasteiger partial charge in [-0.25, -0.2) is 13.2 Å². The maximum absolute atomic E-state index is 17.2. The van der Waals surface area contributed by atoms with Gasteiger partial charge in [0.15, 0.2) is 5.82 Å². The number of ether oxygens (including phenoxy) is 1. The summed E-state index contributed by atoms with van der Waals surface area (Å²) in [4.78, 5) is 27.2. The Hall–Kier alpha value is -4.36. The summed E-state index contributed by atoms with van der Waals surface area (Å²) < 4.78 is 98.1. The van der Waals surface area contributed by atoms with Crippen molar-refractivity contribution in [2.24, 2.45) is 0 Å². The Balaban J connectivity index is 1.46. The van der Waals surface area contributed by atoms with E-state index in [2.05, 4.69) is 9.97 Å². The summed E-state index contributed by atoms with van der Waals surface area (Å²) in [6.45, 7) is 6.97. The highest BCUT2D eigenvalue weighted by Crippen LogP contribution is 2.48. The maximum atomic E-state index is 17.2. The number of likely N-dealkylation sites (tertiary alicyclic amines) is 1. The molecule has 0 radical (unpaired) electrons. The van der Waals surface area contributed by atoms with Gasteiger partial charge < -0.3 is 20.3 Å². The molecule has 3 fully saturated rings. The van der Waals surface area contributed by atoms with Crippen molar-refractivity contribution >= 4 is 49.1 Å². The number of halogens is 6. The van der Waals surface area contributed by atoms with Crippen LogP contribution in [0.3, 0.4) is 0 Å². The van der Waals surface area contributed by atoms with Gasteiger partial charge in [0.05, 0.1) is 27.4 Å². The molecule has 3 saturated heterocycles. The van der Waals surface area contributed by atoms with Crippen molar-refractivity contribution in [2.45, 2.75) is 82.8 Å². The molecular weight excluding hydrogens is 708 g/mol. The van der Waals surface area contributed by atoms with Crippen LogP contribution in [0.2, 0.25) is 0 Å². The molecule has 3 aliphatic heterocycles. The summed E-state index contributed by atoms with van der Waals surface area (Å²) in [7, 11) is 0. The SMILES string of the molecule is CCC(=O)N1CC[C@@H](N(CC)c2nc(OC[C@@]34CCCN3C[C@H](F)C4)nc3c(F)c(-c4ccc(F)c5sc(N)c(C#N)c45)c(C(F)(F)F)cc23)[C@H]1C. The Bertz CT molecular complexity index is 2120. The Morgan fingerprint density at radius 2 is 2.00 bits per heavy atom. The molecule has 7 rings (SSSR count). The molecule has 0 bridgehead atoms. The number of carbonyl (C=O) groups is 1. The summed E-state index contributed by atoms with van der Waals surface area (Å²) in [5.74, 6) is -2.28. The summed E-state index contributed by atoms with van der Waals surface area (Å²) in [6.07, 6.45) is -3.69. The largest absolute Gasteiger partial charge is 0.461 e. The molecule has 16 heteroatoms. The number of aromatic nitrogens is 2. The molecule has 3 aliphatic rings. The van der Waals surface area contributed by atoms with Crippen LogP contribution in [0, 0.1) is 23.0 Å². The van der Waals surface area contributed by atoms with E-state index in [1.807, 2.05) is 17.9 Å². The first kappa shape index (κ1) is 36.0. The second-order valence-corrected chi connectivity index (χ2v) is 14.8. The molecule has 0 saturated carbocycles. The molecule has 276 valence electrons. The summed E-state index contributed by atoms with van der Waals surface area (Å²) in [5, 5.41) is 9.26. The Labute approximate surface area is 299 Å². The summed E-state index contributed by atoms with van der Waals surface area (Å²) >= 11 is 0.683. The minimum atomic E-state index is -5.12. The zero-order valence-electron chi connectivity index (χ0n) is 28.8. The molecule has 2 aromatic carbocycles. The molecule has 0 spiro atoms. The normalized spacial score (nSPS) is 23.5. The highest BCUT2D eigenvalue weighted by atomic mass is 32.1. The summed E-state index contributed by atoms with van der Waals surface area (Å²) in [5.41, 5.74) is 1.92. The number of nitriles is 1. The molecule has 2 N–H and O–H groups in total. The molecule has 52 heavy (non-hydrogen) atoms. The molecule has 0 unspecified atom stereocenters. The number of nitrogens with zero attached hydrogens (tertiary/aromatic N) is 6. The maximum Gasteiger partial charge on any atom is 0.417 e. The van der Waals surface area contributed by atoms with Gasteiger partial charge >= 0.3 is 12.2 Å². The molecule has 9 nitrogen and oxygen atoms in total. The molecule has 2 aromatic heterocycles. The van der Waals surface area contributed by atoms with Crippen molar-refractivity contribution in [1.82, 2.24) is 19.8 Å². The standard InChI is InChI=1S/C36H37F6N7O2S/c1-4-26(50)49-12-9-25(18(49)3)48(5-2)33-21-13-23(36(40,41)42)28(20-7-8-24(38)31-27(20)22(15-43)32(44)52-31)29(39)30(21)45-34(46-33)51-17-35-10-6-11-47(35)16-19(37)14-35/h7-8,13,18-19,25H,4-6,9-12,14,16-17,44H2,1-3H3/t18-,19-,25-,35+/m1/s1. The van der Waals surface area contributed by atoms with Crippen LogP contribution in [0.4, 0.5) is 37.2 Å². The van der Waals surface area contributed by atoms with Crippen molar-refractivity contribution in [2.75, 3.05) is 43.4 Å². The highest BCUT2D eigenvalue weighted by molar-refractivity contribution is 7.23. The Morgan fingerprint density at radius 3 is 2.69 bits per heavy atom. The van der Waals surface area contributed by atoms with Gasteiger partial charge in [-0.2, -0.15) is 28.4 Å².